The van der Waals surface area contributed by atoms with E-state index in [1.807, 2.05) is 67.4 Å². The first-order valence-electron chi connectivity index (χ1n) is 6.38. The zero-order valence-electron chi connectivity index (χ0n) is 11.6. The van der Waals surface area contributed by atoms with Gasteiger partial charge in [0, 0.05) is 12.7 Å². The van der Waals surface area contributed by atoms with Gasteiger partial charge in [0.1, 0.15) is 0 Å². The third-order valence-corrected chi connectivity index (χ3v) is 3.29. The summed E-state index contributed by atoms with van der Waals surface area (Å²) in [4.78, 5) is 13.9. The summed E-state index contributed by atoms with van der Waals surface area (Å²) in [6.45, 7) is 2.23. The lowest BCUT2D eigenvalue weighted by molar-refractivity contribution is -0.114. The summed E-state index contributed by atoms with van der Waals surface area (Å²) in [5.74, 6) is -0.0953. The molecule has 0 radical (unpaired) electrons. The second kappa shape index (κ2) is 6.44. The van der Waals surface area contributed by atoms with Crippen LogP contribution in [0.3, 0.4) is 0 Å². The van der Waals surface area contributed by atoms with Crippen LogP contribution in [0.1, 0.15) is 5.56 Å². The van der Waals surface area contributed by atoms with Gasteiger partial charge in [-0.25, -0.2) is 0 Å². The third-order valence-electron chi connectivity index (χ3n) is 2.98. The van der Waals surface area contributed by atoms with E-state index in [4.69, 9.17) is 11.6 Å². The van der Waals surface area contributed by atoms with Crippen LogP contribution in [0.2, 0.25) is 5.02 Å². The molecule has 0 aliphatic carbocycles. The zero-order valence-corrected chi connectivity index (χ0v) is 12.3. The fraction of sp³-hybridized carbons (Fsp3) is 0.188. The molecule has 0 aliphatic rings. The predicted molar refractivity (Wildman–Crippen MR) is 84.5 cm³/mol. The summed E-state index contributed by atoms with van der Waals surface area (Å²) in [7, 11) is 1.88. The van der Waals surface area contributed by atoms with Crippen molar-refractivity contribution in [1.82, 2.24) is 0 Å². The fourth-order valence-electron chi connectivity index (χ4n) is 1.90. The molecular formula is C16H17ClN2O. The van der Waals surface area contributed by atoms with Crippen LogP contribution in [0.4, 0.5) is 11.4 Å². The molecular weight excluding hydrogens is 272 g/mol. The normalized spacial score (nSPS) is 10.2. The Labute approximate surface area is 124 Å². The Morgan fingerprint density at radius 3 is 2.55 bits per heavy atom. The van der Waals surface area contributed by atoms with Crippen LogP contribution in [-0.4, -0.2) is 19.5 Å². The van der Waals surface area contributed by atoms with Crippen molar-refractivity contribution in [2.75, 3.05) is 23.8 Å². The Kier molecular flexibility index (Phi) is 4.64. The van der Waals surface area contributed by atoms with Gasteiger partial charge in [0.2, 0.25) is 5.91 Å². The number of carbonyl (C=O) groups excluding carboxylic acids is 1. The summed E-state index contributed by atoms with van der Waals surface area (Å²) < 4.78 is 0. The van der Waals surface area contributed by atoms with E-state index in [9.17, 15) is 4.79 Å². The van der Waals surface area contributed by atoms with E-state index in [1.165, 1.54) is 0 Å². The zero-order chi connectivity index (χ0) is 14.5. The Morgan fingerprint density at radius 1 is 1.20 bits per heavy atom. The van der Waals surface area contributed by atoms with Crippen LogP contribution >= 0.6 is 11.6 Å². The number of para-hydroxylation sites is 1. The quantitative estimate of drug-likeness (QED) is 0.930. The molecule has 20 heavy (non-hydrogen) atoms. The second-order valence-corrected chi connectivity index (χ2v) is 5.13. The molecule has 0 saturated heterocycles. The average Bonchev–Trinajstić information content (AvgIpc) is 2.43. The number of likely N-dealkylation sites (N-methyl/N-ethyl adjacent to an activating group) is 1. The Bertz CT molecular complexity index is 599. The first-order valence-corrected chi connectivity index (χ1v) is 6.76. The lowest BCUT2D eigenvalue weighted by Gasteiger charge is -2.18. The van der Waals surface area contributed by atoms with Gasteiger partial charge in [0.25, 0.3) is 0 Å². The van der Waals surface area contributed by atoms with Crippen LogP contribution in [-0.2, 0) is 4.79 Å². The van der Waals surface area contributed by atoms with E-state index in [1.54, 1.807) is 0 Å². The molecule has 3 nitrogen and oxygen atoms in total. The van der Waals surface area contributed by atoms with Crippen LogP contribution in [0.5, 0.6) is 0 Å². The lowest BCUT2D eigenvalue weighted by Crippen LogP contribution is -2.30. The minimum Gasteiger partial charge on any atom is -0.365 e. The molecule has 2 aromatic rings. The number of nitrogens with one attached hydrogen (secondary N) is 1. The molecule has 104 valence electrons. The molecule has 2 aromatic carbocycles. The van der Waals surface area contributed by atoms with Gasteiger partial charge in [-0.05, 0) is 36.8 Å². The topological polar surface area (TPSA) is 32.3 Å². The van der Waals surface area contributed by atoms with Gasteiger partial charge < -0.3 is 10.2 Å². The minimum atomic E-state index is -0.0953. The first-order chi connectivity index (χ1) is 9.56. The monoisotopic (exact) mass is 288 g/mol. The molecule has 0 fully saturated rings. The predicted octanol–water partition coefficient (Wildman–Crippen LogP) is 3.72. The summed E-state index contributed by atoms with van der Waals surface area (Å²) in [5, 5.41) is 3.38. The van der Waals surface area contributed by atoms with E-state index < -0.39 is 0 Å². The van der Waals surface area contributed by atoms with Crippen LogP contribution < -0.4 is 10.2 Å². The maximum atomic E-state index is 12.0. The summed E-state index contributed by atoms with van der Waals surface area (Å²) in [6.07, 6.45) is 0. The van der Waals surface area contributed by atoms with Gasteiger partial charge >= 0.3 is 0 Å². The molecule has 0 aromatic heterocycles. The van der Waals surface area contributed by atoms with Crippen molar-refractivity contribution >= 4 is 28.9 Å². The molecule has 4 heteroatoms. The molecule has 0 bridgehead atoms. The summed E-state index contributed by atoms with van der Waals surface area (Å²) in [5.41, 5.74) is 2.70. The Morgan fingerprint density at radius 2 is 1.90 bits per heavy atom. The number of rotatable bonds is 4. The van der Waals surface area contributed by atoms with Gasteiger partial charge in [0.05, 0.1) is 17.3 Å². The lowest BCUT2D eigenvalue weighted by atomic mass is 10.2. The molecule has 0 atom stereocenters. The maximum absolute atomic E-state index is 12.0. The smallest absolute Gasteiger partial charge is 0.243 e. The first kappa shape index (κ1) is 14.4. The molecule has 2 rings (SSSR count). The van der Waals surface area contributed by atoms with Gasteiger partial charge in [-0.3, -0.25) is 4.79 Å². The van der Waals surface area contributed by atoms with Crippen LogP contribution in [0, 0.1) is 6.92 Å². The highest BCUT2D eigenvalue weighted by Gasteiger charge is 2.09. The largest absolute Gasteiger partial charge is 0.365 e. The number of hydrogen-bond donors (Lipinski definition) is 1. The van der Waals surface area contributed by atoms with Crippen molar-refractivity contribution in [3.8, 4) is 0 Å². The fourth-order valence-corrected chi connectivity index (χ4v) is 2.18. The number of anilines is 2. The number of amides is 1. The molecule has 1 N–H and O–H groups in total. The Balaban J connectivity index is 1.99. The minimum absolute atomic E-state index is 0.0953. The summed E-state index contributed by atoms with van der Waals surface area (Å²) in [6, 6.07) is 15.3. The van der Waals surface area contributed by atoms with Crippen molar-refractivity contribution in [2.45, 2.75) is 6.92 Å². The molecule has 0 saturated carbocycles. The third kappa shape index (κ3) is 3.75. The van der Waals surface area contributed by atoms with Crippen molar-refractivity contribution < 1.29 is 4.79 Å². The van der Waals surface area contributed by atoms with Crippen molar-refractivity contribution in [3.63, 3.8) is 0 Å². The number of carbonyl (C=O) groups is 1. The van der Waals surface area contributed by atoms with Crippen molar-refractivity contribution in [3.05, 3.63) is 59.1 Å². The SMILES string of the molecule is Cc1ccc(NC(=O)CN(C)c2ccccc2)c(Cl)c1. The van der Waals surface area contributed by atoms with Crippen LogP contribution in [0.25, 0.3) is 0 Å². The number of benzene rings is 2. The highest BCUT2D eigenvalue weighted by atomic mass is 35.5. The Hall–Kier alpha value is -2.00. The van der Waals surface area contributed by atoms with E-state index in [-0.39, 0.29) is 12.5 Å². The van der Waals surface area contributed by atoms with Crippen molar-refractivity contribution in [1.29, 1.82) is 0 Å². The van der Waals surface area contributed by atoms with E-state index in [2.05, 4.69) is 5.32 Å². The van der Waals surface area contributed by atoms with Gasteiger partial charge in [-0.15, -0.1) is 0 Å². The van der Waals surface area contributed by atoms with E-state index in [0.717, 1.165) is 11.3 Å². The van der Waals surface area contributed by atoms with Gasteiger partial charge in [0.15, 0.2) is 0 Å². The number of hydrogen-bond acceptors (Lipinski definition) is 2. The number of aryl methyl sites for hydroxylation is 1. The van der Waals surface area contributed by atoms with E-state index >= 15 is 0 Å². The van der Waals surface area contributed by atoms with Gasteiger partial charge in [-0.2, -0.15) is 0 Å². The molecule has 0 aliphatic heterocycles. The molecule has 0 spiro atoms. The highest BCUT2D eigenvalue weighted by molar-refractivity contribution is 6.33. The summed E-state index contributed by atoms with van der Waals surface area (Å²) >= 11 is 6.10. The molecule has 0 heterocycles. The van der Waals surface area contributed by atoms with Crippen LogP contribution in [0.15, 0.2) is 48.5 Å². The maximum Gasteiger partial charge on any atom is 0.243 e. The number of halogens is 1. The highest BCUT2D eigenvalue weighted by Crippen LogP contribution is 2.22. The number of nitrogens with zero attached hydrogens (tertiary/aromatic N) is 1. The van der Waals surface area contributed by atoms with Crippen molar-refractivity contribution in [2.24, 2.45) is 0 Å². The average molecular weight is 289 g/mol. The molecule has 0 unspecified atom stereocenters. The standard InChI is InChI=1S/C16H17ClN2O/c1-12-8-9-15(14(17)10-12)18-16(20)11-19(2)13-6-4-3-5-7-13/h3-10H,11H2,1-2H3,(H,18,20). The molecule has 1 amide bonds. The van der Waals surface area contributed by atoms with E-state index in [0.29, 0.717) is 10.7 Å². The van der Waals surface area contributed by atoms with Gasteiger partial charge in [-0.1, -0.05) is 35.9 Å². The second-order valence-electron chi connectivity index (χ2n) is 4.72.